The molecule has 29 heavy (non-hydrogen) atoms. The smallest absolute Gasteiger partial charge is 0.420 e. The van der Waals surface area contributed by atoms with Gasteiger partial charge in [-0.15, -0.1) is 0 Å². The second kappa shape index (κ2) is 9.67. The molecule has 0 aliphatic rings. The van der Waals surface area contributed by atoms with Crippen LogP contribution >= 0.6 is 0 Å². The molecule has 10 nitrogen and oxygen atoms in total. The zero-order chi connectivity index (χ0) is 21.4. The number of esters is 1. The highest BCUT2D eigenvalue weighted by Crippen LogP contribution is 2.16. The van der Waals surface area contributed by atoms with E-state index < -0.39 is 29.8 Å². The van der Waals surface area contributed by atoms with Crippen LogP contribution in [0.15, 0.2) is 43.0 Å². The van der Waals surface area contributed by atoms with E-state index in [0.29, 0.717) is 4.90 Å². The topological polar surface area (TPSA) is 113 Å². The summed E-state index contributed by atoms with van der Waals surface area (Å²) in [4.78, 5) is 42.3. The molecule has 1 aromatic carbocycles. The van der Waals surface area contributed by atoms with Gasteiger partial charge in [0, 0.05) is 0 Å². The van der Waals surface area contributed by atoms with Gasteiger partial charge < -0.3 is 14.2 Å². The lowest BCUT2D eigenvalue weighted by molar-refractivity contribution is -0.147. The molecular weight excluding hydrogens is 380 g/mol. The summed E-state index contributed by atoms with van der Waals surface area (Å²) in [7, 11) is 1.15. The summed E-state index contributed by atoms with van der Waals surface area (Å²) in [5.74, 6) is -0.831. The van der Waals surface area contributed by atoms with E-state index in [9.17, 15) is 14.4 Å². The predicted octanol–water partition coefficient (Wildman–Crippen LogP) is 2.39. The Morgan fingerprint density at radius 2 is 1.83 bits per heavy atom. The number of nitrogens with zero attached hydrogens (tertiary/aromatic N) is 4. The molecule has 1 aromatic heterocycles. The number of carbonyl (C=O) groups excluding carboxylic acids is 3. The van der Waals surface area contributed by atoms with Crippen LogP contribution < -0.4 is 0 Å². The van der Waals surface area contributed by atoms with Crippen molar-refractivity contribution in [2.45, 2.75) is 45.6 Å². The van der Waals surface area contributed by atoms with E-state index in [2.05, 4.69) is 10.1 Å². The molecule has 0 aliphatic carbocycles. The minimum atomic E-state index is -1.36. The predicted molar refractivity (Wildman–Crippen MR) is 101 cm³/mol. The van der Waals surface area contributed by atoms with Gasteiger partial charge in [-0.05, 0) is 26.3 Å². The maximum absolute atomic E-state index is 12.8. The molecular formula is C19H24N4O6. The highest BCUT2D eigenvalue weighted by atomic mass is 16.6. The summed E-state index contributed by atoms with van der Waals surface area (Å²) in [6.45, 7) is 4.66. The summed E-state index contributed by atoms with van der Waals surface area (Å²) < 4.78 is 16.6. The molecule has 2 amide bonds. The standard InChI is InChI=1S/C19H24N4O6/c1-19(2,3)29-18(26)23(17(25)28-11-14-8-6-5-7-9-14)15(16(24)27-4)10-22-13-20-12-21-22/h5-9,12-13,15H,10-11H2,1-4H3/t15-/m0/s1. The Morgan fingerprint density at radius 3 is 2.38 bits per heavy atom. The fourth-order valence-electron chi connectivity index (χ4n) is 2.33. The van der Waals surface area contributed by atoms with Crippen LogP contribution in [0.1, 0.15) is 26.3 Å². The number of ether oxygens (including phenoxy) is 3. The van der Waals surface area contributed by atoms with E-state index >= 15 is 0 Å². The lowest BCUT2D eigenvalue weighted by atomic mass is 10.2. The second-order valence-electron chi connectivity index (χ2n) is 7.05. The van der Waals surface area contributed by atoms with Crippen LogP contribution in [-0.4, -0.2) is 56.6 Å². The fraction of sp³-hybridized carbons (Fsp3) is 0.421. The van der Waals surface area contributed by atoms with Crippen molar-refractivity contribution >= 4 is 18.2 Å². The number of carbonyl (C=O) groups is 3. The zero-order valence-corrected chi connectivity index (χ0v) is 16.8. The molecule has 0 saturated heterocycles. The minimum Gasteiger partial charge on any atom is -0.467 e. The maximum atomic E-state index is 12.8. The van der Waals surface area contributed by atoms with E-state index in [4.69, 9.17) is 14.2 Å². The highest BCUT2D eigenvalue weighted by molar-refractivity contribution is 5.93. The molecule has 2 aromatic rings. The Kier molecular flexibility index (Phi) is 7.29. The lowest BCUT2D eigenvalue weighted by Gasteiger charge is -2.29. The van der Waals surface area contributed by atoms with Crippen LogP contribution in [0.25, 0.3) is 0 Å². The molecule has 0 aliphatic heterocycles. The number of aromatic nitrogens is 3. The Balaban J connectivity index is 2.28. The number of imide groups is 1. The lowest BCUT2D eigenvalue weighted by Crippen LogP contribution is -2.52. The van der Waals surface area contributed by atoms with Gasteiger partial charge in [0.1, 0.15) is 24.9 Å². The normalized spacial score (nSPS) is 12.0. The average Bonchev–Trinajstić information content (AvgIpc) is 3.18. The molecule has 0 unspecified atom stereocenters. The second-order valence-corrected chi connectivity index (χ2v) is 7.05. The third-order valence-electron chi connectivity index (χ3n) is 3.60. The van der Waals surface area contributed by atoms with Crippen LogP contribution in [0.2, 0.25) is 0 Å². The van der Waals surface area contributed by atoms with Crippen molar-refractivity contribution in [2.75, 3.05) is 7.11 Å². The molecule has 0 radical (unpaired) electrons. The largest absolute Gasteiger partial charge is 0.467 e. The first-order valence-electron chi connectivity index (χ1n) is 8.84. The van der Waals surface area contributed by atoms with Crippen LogP contribution in [0.3, 0.4) is 0 Å². The molecule has 2 rings (SSSR count). The highest BCUT2D eigenvalue weighted by Gasteiger charge is 2.40. The average molecular weight is 404 g/mol. The fourth-order valence-corrected chi connectivity index (χ4v) is 2.33. The number of rotatable bonds is 6. The summed E-state index contributed by atoms with van der Waals surface area (Å²) >= 11 is 0. The first-order chi connectivity index (χ1) is 13.7. The zero-order valence-electron chi connectivity index (χ0n) is 16.8. The van der Waals surface area contributed by atoms with Gasteiger partial charge in [0.05, 0.1) is 13.7 Å². The molecule has 1 atom stereocenters. The van der Waals surface area contributed by atoms with Gasteiger partial charge in [0.25, 0.3) is 0 Å². The van der Waals surface area contributed by atoms with E-state index in [-0.39, 0.29) is 13.2 Å². The molecule has 0 N–H and O–H groups in total. The minimum absolute atomic E-state index is 0.0871. The van der Waals surface area contributed by atoms with Crippen molar-refractivity contribution < 1.29 is 28.6 Å². The maximum Gasteiger partial charge on any atom is 0.420 e. The SMILES string of the molecule is COC(=O)[C@H](Cn1cncn1)N(C(=O)OCc1ccccc1)C(=O)OC(C)(C)C. The van der Waals surface area contributed by atoms with Gasteiger partial charge in [-0.1, -0.05) is 30.3 Å². The van der Waals surface area contributed by atoms with Gasteiger partial charge in [0.15, 0.2) is 6.04 Å². The molecule has 10 heteroatoms. The first-order valence-corrected chi connectivity index (χ1v) is 8.84. The number of methoxy groups -OCH3 is 1. The van der Waals surface area contributed by atoms with Crippen molar-refractivity contribution in [3.8, 4) is 0 Å². The monoisotopic (exact) mass is 404 g/mol. The van der Waals surface area contributed by atoms with Crippen LogP contribution in [0.5, 0.6) is 0 Å². The summed E-state index contributed by atoms with van der Waals surface area (Å²) in [5, 5.41) is 3.91. The van der Waals surface area contributed by atoms with Gasteiger partial charge >= 0.3 is 18.2 Å². The van der Waals surface area contributed by atoms with Gasteiger partial charge in [0.2, 0.25) is 0 Å². The summed E-state index contributed by atoms with van der Waals surface area (Å²) in [5.41, 5.74) is -0.181. The van der Waals surface area contributed by atoms with Crippen LogP contribution in [0, 0.1) is 0 Å². The first kappa shape index (κ1) is 21.9. The number of benzene rings is 1. The Bertz CT molecular complexity index is 817. The quantitative estimate of drug-likeness (QED) is 0.533. The molecule has 0 bridgehead atoms. The van der Waals surface area contributed by atoms with Crippen LogP contribution in [0.4, 0.5) is 9.59 Å². The Labute approximate surface area is 168 Å². The molecule has 0 saturated carbocycles. The molecule has 0 fully saturated rings. The molecule has 156 valence electrons. The van der Waals surface area contributed by atoms with Crippen molar-refractivity contribution in [1.29, 1.82) is 0 Å². The van der Waals surface area contributed by atoms with Crippen molar-refractivity contribution in [2.24, 2.45) is 0 Å². The van der Waals surface area contributed by atoms with Gasteiger partial charge in [-0.2, -0.15) is 10.00 Å². The third kappa shape index (κ3) is 6.59. The van der Waals surface area contributed by atoms with Crippen molar-refractivity contribution in [3.05, 3.63) is 48.5 Å². The van der Waals surface area contributed by atoms with Gasteiger partial charge in [-0.3, -0.25) is 4.68 Å². The van der Waals surface area contributed by atoms with Crippen molar-refractivity contribution in [1.82, 2.24) is 19.7 Å². The Morgan fingerprint density at radius 1 is 1.14 bits per heavy atom. The van der Waals surface area contributed by atoms with E-state index in [0.717, 1.165) is 12.7 Å². The molecule has 0 spiro atoms. The van der Waals surface area contributed by atoms with Gasteiger partial charge in [-0.25, -0.2) is 19.4 Å². The van der Waals surface area contributed by atoms with E-state index in [1.165, 1.54) is 17.3 Å². The van der Waals surface area contributed by atoms with E-state index in [1.807, 2.05) is 6.07 Å². The van der Waals surface area contributed by atoms with E-state index in [1.54, 1.807) is 45.0 Å². The van der Waals surface area contributed by atoms with Crippen molar-refractivity contribution in [3.63, 3.8) is 0 Å². The molecule has 1 heterocycles. The summed E-state index contributed by atoms with van der Waals surface area (Å²) in [6, 6.07) is 7.56. The number of amides is 2. The number of hydrogen-bond donors (Lipinski definition) is 0. The Hall–Kier alpha value is -3.43. The third-order valence-corrected chi connectivity index (χ3v) is 3.60. The number of hydrogen-bond acceptors (Lipinski definition) is 8. The van der Waals surface area contributed by atoms with Crippen LogP contribution in [-0.2, 0) is 32.2 Å². The summed E-state index contributed by atoms with van der Waals surface area (Å²) in [6.07, 6.45) is 0.531.